The van der Waals surface area contributed by atoms with Crippen molar-refractivity contribution in [3.8, 4) is 12.3 Å². The number of rotatable bonds is 1. The molecular weight excluding hydrogens is 376 g/mol. The molecule has 1 N–H and O–H groups in total. The topological polar surface area (TPSA) is 55.8 Å². The van der Waals surface area contributed by atoms with Crippen LogP contribution in [0.1, 0.15) is 78.6 Å². The van der Waals surface area contributed by atoms with E-state index in [1.54, 1.807) is 0 Å². The van der Waals surface area contributed by atoms with Crippen LogP contribution in [0, 0.1) is 40.4 Å². The molecule has 5 atom stereocenters. The molecule has 1 heterocycles. The lowest BCUT2D eigenvalue weighted by molar-refractivity contribution is -0.343. The van der Waals surface area contributed by atoms with E-state index in [0.29, 0.717) is 56.5 Å². The van der Waals surface area contributed by atoms with Crippen molar-refractivity contribution in [2.75, 3.05) is 13.2 Å². The van der Waals surface area contributed by atoms with Crippen LogP contribution in [0.5, 0.6) is 0 Å². The third kappa shape index (κ3) is 2.68. The number of allylic oxidation sites excluding steroid dienone is 1. The molecule has 0 aromatic heterocycles. The summed E-state index contributed by atoms with van der Waals surface area (Å²) in [4.78, 5) is 12.7. The molecule has 5 rings (SSSR count). The van der Waals surface area contributed by atoms with Crippen molar-refractivity contribution in [2.45, 2.75) is 89.9 Å². The minimum absolute atomic E-state index is 0.00421. The van der Waals surface area contributed by atoms with Gasteiger partial charge in [0.05, 0.1) is 18.8 Å². The van der Waals surface area contributed by atoms with Gasteiger partial charge in [-0.2, -0.15) is 0 Å². The first-order chi connectivity index (χ1) is 14.1. The average Bonchev–Trinajstić information content (AvgIpc) is 3.00. The number of fused-ring (bicyclic) bond motifs is 5. The summed E-state index contributed by atoms with van der Waals surface area (Å²) in [5.74, 6) is 3.40. The molecule has 0 aromatic rings. The van der Waals surface area contributed by atoms with Gasteiger partial charge in [0, 0.05) is 41.9 Å². The Balaban J connectivity index is 1.51. The molecule has 4 fully saturated rings. The molecular formula is C26H36O4. The smallest absolute Gasteiger partial charge is 0.171 e. The van der Waals surface area contributed by atoms with E-state index < -0.39 is 16.8 Å². The van der Waals surface area contributed by atoms with Crippen molar-refractivity contribution in [1.82, 2.24) is 0 Å². The molecule has 4 aliphatic carbocycles. The van der Waals surface area contributed by atoms with Gasteiger partial charge in [-0.25, -0.2) is 0 Å². The fourth-order valence-corrected chi connectivity index (χ4v) is 7.59. The number of hydrogen-bond donors (Lipinski definition) is 1. The van der Waals surface area contributed by atoms with Crippen LogP contribution in [0.2, 0.25) is 0 Å². The molecule has 0 bridgehead atoms. The van der Waals surface area contributed by atoms with Crippen molar-refractivity contribution in [2.24, 2.45) is 28.1 Å². The maximum Gasteiger partial charge on any atom is 0.171 e. The number of terminal acetylenes is 1. The highest BCUT2D eigenvalue weighted by molar-refractivity contribution is 5.87. The van der Waals surface area contributed by atoms with Crippen LogP contribution >= 0.6 is 0 Å². The van der Waals surface area contributed by atoms with Crippen molar-refractivity contribution < 1.29 is 19.4 Å². The van der Waals surface area contributed by atoms with E-state index in [2.05, 4.69) is 32.8 Å². The predicted octanol–water partition coefficient (Wildman–Crippen LogP) is 4.41. The van der Waals surface area contributed by atoms with Gasteiger partial charge in [-0.15, -0.1) is 12.3 Å². The van der Waals surface area contributed by atoms with Crippen molar-refractivity contribution in [3.63, 3.8) is 0 Å². The SMILES string of the molecule is C#CC[C@]12CCC3(CC1(O)CC[C@@H]1C2=CC[C@]2(C)C(=O)CC[C@@H]12)OCC(C)(C)CO3. The lowest BCUT2D eigenvalue weighted by atomic mass is 9.45. The zero-order valence-electron chi connectivity index (χ0n) is 18.8. The third-order valence-electron chi connectivity index (χ3n) is 9.43. The molecule has 30 heavy (non-hydrogen) atoms. The van der Waals surface area contributed by atoms with Gasteiger partial charge >= 0.3 is 0 Å². The summed E-state index contributed by atoms with van der Waals surface area (Å²) in [6, 6.07) is 0. The van der Waals surface area contributed by atoms with E-state index in [-0.39, 0.29) is 10.8 Å². The molecule has 1 saturated heterocycles. The van der Waals surface area contributed by atoms with E-state index in [4.69, 9.17) is 15.9 Å². The number of carbonyl (C=O) groups is 1. The van der Waals surface area contributed by atoms with Crippen molar-refractivity contribution in [1.29, 1.82) is 0 Å². The average molecular weight is 413 g/mol. The quantitative estimate of drug-likeness (QED) is 0.512. The fraction of sp³-hybridized carbons (Fsp3) is 0.808. The van der Waals surface area contributed by atoms with E-state index >= 15 is 0 Å². The van der Waals surface area contributed by atoms with Crippen LogP contribution < -0.4 is 0 Å². The molecule has 1 unspecified atom stereocenters. The molecule has 4 nitrogen and oxygen atoms in total. The summed E-state index contributed by atoms with van der Waals surface area (Å²) >= 11 is 0. The maximum absolute atomic E-state index is 12.7. The molecule has 164 valence electrons. The van der Waals surface area contributed by atoms with Gasteiger partial charge in [0.15, 0.2) is 5.79 Å². The lowest BCUT2D eigenvalue weighted by Gasteiger charge is -2.63. The monoisotopic (exact) mass is 412 g/mol. The zero-order valence-corrected chi connectivity index (χ0v) is 18.8. The molecule has 1 spiro atoms. The Morgan fingerprint density at radius 3 is 2.60 bits per heavy atom. The van der Waals surface area contributed by atoms with Crippen LogP contribution in [-0.4, -0.2) is 35.5 Å². The highest BCUT2D eigenvalue weighted by atomic mass is 16.7. The number of ether oxygens (including phenoxy) is 2. The molecule has 3 saturated carbocycles. The van der Waals surface area contributed by atoms with E-state index in [1.807, 2.05) is 0 Å². The largest absolute Gasteiger partial charge is 0.389 e. The van der Waals surface area contributed by atoms with Gasteiger partial charge in [0.1, 0.15) is 5.78 Å². The van der Waals surface area contributed by atoms with Gasteiger partial charge in [-0.05, 0) is 43.9 Å². The van der Waals surface area contributed by atoms with E-state index in [1.165, 1.54) is 5.57 Å². The van der Waals surface area contributed by atoms with E-state index in [0.717, 1.165) is 32.1 Å². The van der Waals surface area contributed by atoms with Crippen LogP contribution in [0.3, 0.4) is 0 Å². The van der Waals surface area contributed by atoms with Crippen LogP contribution in [0.4, 0.5) is 0 Å². The lowest BCUT2D eigenvalue weighted by Crippen LogP contribution is -2.65. The predicted molar refractivity (Wildman–Crippen MR) is 114 cm³/mol. The van der Waals surface area contributed by atoms with Crippen molar-refractivity contribution >= 4 is 5.78 Å². The zero-order chi connectivity index (χ0) is 21.4. The molecule has 5 aliphatic rings. The molecule has 4 heteroatoms. The first-order valence-electron chi connectivity index (χ1n) is 11.8. The number of hydrogen-bond acceptors (Lipinski definition) is 4. The minimum Gasteiger partial charge on any atom is -0.389 e. The summed E-state index contributed by atoms with van der Waals surface area (Å²) in [5.41, 5.74) is -0.208. The second kappa shape index (κ2) is 6.44. The second-order valence-electron chi connectivity index (χ2n) is 11.8. The molecule has 1 aliphatic heterocycles. The summed E-state index contributed by atoms with van der Waals surface area (Å²) in [6.45, 7) is 7.77. The first kappa shape index (κ1) is 20.7. The number of carbonyl (C=O) groups excluding carboxylic acids is 1. The molecule has 0 radical (unpaired) electrons. The fourth-order valence-electron chi connectivity index (χ4n) is 7.59. The highest BCUT2D eigenvalue weighted by Gasteiger charge is 2.66. The van der Waals surface area contributed by atoms with Gasteiger partial charge < -0.3 is 14.6 Å². The van der Waals surface area contributed by atoms with Gasteiger partial charge in [0.2, 0.25) is 0 Å². The summed E-state index contributed by atoms with van der Waals surface area (Å²) in [5, 5.41) is 12.2. The Labute approximate surface area is 180 Å². The van der Waals surface area contributed by atoms with Gasteiger partial charge in [-0.1, -0.05) is 32.4 Å². The summed E-state index contributed by atoms with van der Waals surface area (Å²) < 4.78 is 12.6. The first-order valence-corrected chi connectivity index (χ1v) is 11.8. The summed E-state index contributed by atoms with van der Waals surface area (Å²) in [7, 11) is 0. The summed E-state index contributed by atoms with van der Waals surface area (Å²) in [6.07, 6.45) is 14.9. The third-order valence-corrected chi connectivity index (χ3v) is 9.43. The Hall–Kier alpha value is -1.15. The number of ketones is 1. The van der Waals surface area contributed by atoms with E-state index in [9.17, 15) is 9.90 Å². The standard InChI is InChI=1S/C26H36O4/c1-5-10-24-13-14-26(29-16-22(2,3)17-30-26)15-25(24,28)12-8-18-19-6-7-21(27)23(19,4)11-9-20(18)24/h1,9,18-19,28H,6-8,10-17H2,2-4H3/t18-,19-,23-,24+,25?/m0/s1. The van der Waals surface area contributed by atoms with Crippen LogP contribution in [0.15, 0.2) is 11.6 Å². The van der Waals surface area contributed by atoms with Crippen molar-refractivity contribution in [3.05, 3.63) is 11.6 Å². The number of Topliss-reactive ketones (excluding diaryl/α,β-unsaturated/α-hetero) is 1. The van der Waals surface area contributed by atoms with Crippen LogP contribution in [0.25, 0.3) is 0 Å². The second-order valence-corrected chi connectivity index (χ2v) is 11.8. The Kier molecular flexibility index (Phi) is 4.45. The Morgan fingerprint density at radius 1 is 1.17 bits per heavy atom. The highest BCUT2D eigenvalue weighted by Crippen LogP contribution is 2.67. The molecule has 0 aromatic carbocycles. The van der Waals surface area contributed by atoms with Gasteiger partial charge in [-0.3, -0.25) is 4.79 Å². The maximum atomic E-state index is 12.7. The van der Waals surface area contributed by atoms with Crippen LogP contribution in [-0.2, 0) is 14.3 Å². The normalized spacial score (nSPS) is 46.4. The Bertz CT molecular complexity index is 824. The Morgan fingerprint density at radius 2 is 1.90 bits per heavy atom. The van der Waals surface area contributed by atoms with Gasteiger partial charge in [0.25, 0.3) is 0 Å². The molecule has 0 amide bonds. The minimum atomic E-state index is -0.919. The number of aliphatic hydroxyl groups is 1.